The number of thiocarbonyl (C=S) groups is 1. The molecule has 0 aliphatic carbocycles. The van der Waals surface area contributed by atoms with Gasteiger partial charge in [-0.25, -0.2) is 0 Å². The highest BCUT2D eigenvalue weighted by atomic mass is 35.5. The summed E-state index contributed by atoms with van der Waals surface area (Å²) in [5.74, 6) is -0.591. The van der Waals surface area contributed by atoms with Crippen LogP contribution in [0.1, 0.15) is 20.7 Å². The molecule has 4 rings (SSSR count). The van der Waals surface area contributed by atoms with E-state index in [-0.39, 0.29) is 28.0 Å². The number of nitrogens with one attached hydrogen (secondary N) is 2. The maximum atomic E-state index is 12.8. The zero-order chi connectivity index (χ0) is 27.2. The van der Waals surface area contributed by atoms with E-state index >= 15 is 0 Å². The average molecular weight is 554 g/mol. The molecule has 1 aliphatic heterocycles. The van der Waals surface area contributed by atoms with Crippen LogP contribution >= 0.6 is 23.8 Å². The van der Waals surface area contributed by atoms with Crippen LogP contribution in [0.2, 0.25) is 5.02 Å². The van der Waals surface area contributed by atoms with Crippen LogP contribution in [0.15, 0.2) is 66.7 Å². The summed E-state index contributed by atoms with van der Waals surface area (Å²) >= 11 is 11.3. The van der Waals surface area contributed by atoms with Gasteiger partial charge in [0.1, 0.15) is 0 Å². The van der Waals surface area contributed by atoms with Crippen molar-refractivity contribution in [2.45, 2.75) is 0 Å². The molecular weight excluding hydrogens is 530 g/mol. The Labute approximate surface area is 229 Å². The number of amides is 2. The third-order valence-electron chi connectivity index (χ3n) is 6.02. The highest BCUT2D eigenvalue weighted by Crippen LogP contribution is 2.28. The van der Waals surface area contributed by atoms with Crippen LogP contribution in [0.5, 0.6) is 5.75 Å². The summed E-state index contributed by atoms with van der Waals surface area (Å²) in [6.07, 6.45) is 0. The Morgan fingerprint density at radius 3 is 2.32 bits per heavy atom. The maximum absolute atomic E-state index is 12.8. The first-order chi connectivity index (χ1) is 18.3. The van der Waals surface area contributed by atoms with Crippen LogP contribution in [0.3, 0.4) is 0 Å². The number of nitrogens with zero attached hydrogens (tertiary/aromatic N) is 3. The van der Waals surface area contributed by atoms with Gasteiger partial charge in [-0.1, -0.05) is 23.7 Å². The summed E-state index contributed by atoms with van der Waals surface area (Å²) in [7, 11) is 1.32. The normalized spacial score (nSPS) is 13.0. The Hall–Kier alpha value is -4.22. The van der Waals surface area contributed by atoms with Crippen LogP contribution in [0.25, 0.3) is 0 Å². The Bertz CT molecular complexity index is 1380. The Kier molecular flexibility index (Phi) is 8.39. The van der Waals surface area contributed by atoms with Gasteiger partial charge < -0.3 is 19.9 Å². The lowest BCUT2D eigenvalue weighted by Crippen LogP contribution is -2.49. The molecule has 2 amide bonds. The minimum Gasteiger partial charge on any atom is -0.490 e. The van der Waals surface area contributed by atoms with Crippen molar-refractivity contribution in [3.8, 4) is 5.75 Å². The predicted molar refractivity (Wildman–Crippen MR) is 149 cm³/mol. The van der Waals surface area contributed by atoms with Crippen LogP contribution < -0.4 is 20.3 Å². The van der Waals surface area contributed by atoms with Crippen molar-refractivity contribution in [2.75, 3.05) is 43.5 Å². The highest BCUT2D eigenvalue weighted by molar-refractivity contribution is 7.80. The monoisotopic (exact) mass is 553 g/mol. The number of piperazine rings is 1. The molecule has 38 heavy (non-hydrogen) atoms. The predicted octanol–water partition coefficient (Wildman–Crippen LogP) is 4.35. The molecule has 1 saturated heterocycles. The molecule has 0 saturated carbocycles. The summed E-state index contributed by atoms with van der Waals surface area (Å²) in [6.45, 7) is 2.28. The third-order valence-corrected chi connectivity index (χ3v) is 6.47. The first-order valence-corrected chi connectivity index (χ1v) is 12.4. The molecule has 0 aromatic heterocycles. The molecule has 10 nitrogen and oxygen atoms in total. The van der Waals surface area contributed by atoms with Crippen LogP contribution in [-0.4, -0.2) is 60.0 Å². The van der Waals surface area contributed by atoms with Gasteiger partial charge in [0.15, 0.2) is 10.9 Å². The minimum absolute atomic E-state index is 0.0393. The Morgan fingerprint density at radius 1 is 1.00 bits per heavy atom. The van der Waals surface area contributed by atoms with Crippen molar-refractivity contribution in [3.05, 3.63) is 93.0 Å². The number of carbonyl (C=O) groups is 2. The number of rotatable bonds is 6. The highest BCUT2D eigenvalue weighted by Gasteiger charge is 2.24. The molecule has 0 unspecified atom stereocenters. The van der Waals surface area contributed by atoms with Gasteiger partial charge in [0, 0.05) is 48.4 Å². The third kappa shape index (κ3) is 6.18. The van der Waals surface area contributed by atoms with E-state index in [0.717, 1.165) is 11.8 Å². The first kappa shape index (κ1) is 26.8. The van der Waals surface area contributed by atoms with E-state index in [1.165, 1.54) is 19.2 Å². The largest absolute Gasteiger partial charge is 0.490 e. The van der Waals surface area contributed by atoms with Gasteiger partial charge in [-0.05, 0) is 60.7 Å². The smallest absolute Gasteiger partial charge is 0.311 e. The zero-order valence-electron chi connectivity index (χ0n) is 20.3. The molecule has 0 atom stereocenters. The summed E-state index contributed by atoms with van der Waals surface area (Å²) in [4.78, 5) is 40.1. The fraction of sp³-hybridized carbons (Fsp3) is 0.192. The van der Waals surface area contributed by atoms with Crippen LogP contribution in [0, 0.1) is 10.1 Å². The van der Waals surface area contributed by atoms with Gasteiger partial charge in [-0.3, -0.25) is 25.0 Å². The zero-order valence-corrected chi connectivity index (χ0v) is 21.9. The number of hydrogen-bond acceptors (Lipinski definition) is 7. The molecule has 1 fully saturated rings. The lowest BCUT2D eigenvalue weighted by atomic mass is 10.1. The number of para-hydroxylation sites is 2. The Morgan fingerprint density at radius 2 is 1.66 bits per heavy atom. The molecule has 0 spiro atoms. The van der Waals surface area contributed by atoms with E-state index in [1.54, 1.807) is 29.2 Å². The van der Waals surface area contributed by atoms with Gasteiger partial charge in [0.05, 0.1) is 23.4 Å². The van der Waals surface area contributed by atoms with Crippen molar-refractivity contribution >= 4 is 57.8 Å². The molecule has 12 heteroatoms. The number of nitro benzene ring substituents is 1. The topological polar surface area (TPSA) is 117 Å². The fourth-order valence-corrected chi connectivity index (χ4v) is 4.41. The van der Waals surface area contributed by atoms with Crippen LogP contribution in [-0.2, 0) is 0 Å². The molecule has 1 heterocycles. The SMILES string of the molecule is COc1ccc(C(=O)NC(=S)Nc2ccccc2N2CCN(C(=O)c3ccc(Cl)cc3)CC2)cc1[N+](=O)[O-]. The van der Waals surface area contributed by atoms with E-state index in [1.807, 2.05) is 24.3 Å². The molecule has 196 valence electrons. The Balaban J connectivity index is 1.39. The van der Waals surface area contributed by atoms with E-state index in [2.05, 4.69) is 15.5 Å². The molecule has 3 aromatic rings. The minimum atomic E-state index is -0.620. The number of nitro groups is 1. The quantitative estimate of drug-likeness (QED) is 0.263. The number of halogens is 1. The second-order valence-electron chi connectivity index (χ2n) is 8.36. The summed E-state index contributed by atoms with van der Waals surface area (Å²) in [5.41, 5.74) is 1.88. The molecule has 1 aliphatic rings. The van der Waals surface area contributed by atoms with Crippen molar-refractivity contribution < 1.29 is 19.2 Å². The van der Waals surface area contributed by atoms with Gasteiger partial charge in [0.2, 0.25) is 0 Å². The summed E-state index contributed by atoms with van der Waals surface area (Å²) in [6, 6.07) is 18.2. The number of anilines is 2. The molecule has 0 radical (unpaired) electrons. The average Bonchev–Trinajstić information content (AvgIpc) is 2.93. The van der Waals surface area contributed by atoms with E-state index in [9.17, 15) is 19.7 Å². The lowest BCUT2D eigenvalue weighted by molar-refractivity contribution is -0.385. The van der Waals surface area contributed by atoms with E-state index in [0.29, 0.717) is 42.5 Å². The molecule has 3 aromatic carbocycles. The lowest BCUT2D eigenvalue weighted by Gasteiger charge is -2.37. The number of carbonyl (C=O) groups excluding carboxylic acids is 2. The van der Waals surface area contributed by atoms with Gasteiger partial charge >= 0.3 is 5.69 Å². The van der Waals surface area contributed by atoms with Gasteiger partial charge in [0.25, 0.3) is 11.8 Å². The van der Waals surface area contributed by atoms with Crippen LogP contribution in [0.4, 0.5) is 17.1 Å². The first-order valence-electron chi connectivity index (χ1n) is 11.6. The fourth-order valence-electron chi connectivity index (χ4n) is 4.08. The van der Waals surface area contributed by atoms with Crippen molar-refractivity contribution in [3.63, 3.8) is 0 Å². The number of methoxy groups -OCH3 is 1. The van der Waals surface area contributed by atoms with E-state index < -0.39 is 10.8 Å². The second-order valence-corrected chi connectivity index (χ2v) is 9.20. The molecule has 2 N–H and O–H groups in total. The number of ether oxygens (including phenoxy) is 1. The summed E-state index contributed by atoms with van der Waals surface area (Å²) in [5, 5.41) is 17.5. The number of hydrogen-bond donors (Lipinski definition) is 2. The van der Waals surface area contributed by atoms with E-state index in [4.69, 9.17) is 28.6 Å². The van der Waals surface area contributed by atoms with Gasteiger partial charge in [-0.15, -0.1) is 0 Å². The van der Waals surface area contributed by atoms with Gasteiger partial charge in [-0.2, -0.15) is 0 Å². The maximum Gasteiger partial charge on any atom is 0.311 e. The summed E-state index contributed by atoms with van der Waals surface area (Å²) < 4.78 is 4.98. The van der Waals surface area contributed by atoms with Crippen molar-refractivity contribution in [1.29, 1.82) is 0 Å². The molecule has 0 bridgehead atoms. The van der Waals surface area contributed by atoms with Crippen molar-refractivity contribution in [2.24, 2.45) is 0 Å². The standard InChI is InChI=1S/C26H24ClN5O5S/c1-37-23-11-8-18(16-22(23)32(35)36)24(33)29-26(38)28-20-4-2-3-5-21(20)30-12-14-31(15-13-30)25(34)17-6-9-19(27)10-7-17/h2-11,16H,12-15H2,1H3,(H2,28,29,33,38). The van der Waals surface area contributed by atoms with Crippen molar-refractivity contribution in [1.82, 2.24) is 10.2 Å². The number of benzene rings is 3. The molecular formula is C26H24ClN5O5S. The second kappa shape index (κ2) is 11.9.